The summed E-state index contributed by atoms with van der Waals surface area (Å²) in [6.45, 7) is 8.10. The quantitative estimate of drug-likeness (QED) is 0.257. The molecule has 42 heavy (non-hydrogen) atoms. The lowest BCUT2D eigenvalue weighted by molar-refractivity contribution is -0.142. The standard InChI is InChI=1S/C33H42ClN3O4S/c1-6-25-16-20-29(21-17-25)37(42(5,40)41)22-10-13-31(38)36(24-27-14-18-28(34)19-15-27)30(32(39)35-33(2,3)4)23-26-11-8-7-9-12-26/h7-9,11-12,14-21,30H,6,10,13,22-24H2,1-5H3,(H,35,39)/t30-/m1/s1. The number of benzene rings is 3. The van der Waals surface area contributed by atoms with Gasteiger partial charge in [-0.05, 0) is 74.6 Å². The maximum Gasteiger partial charge on any atom is 0.243 e. The van der Waals surface area contributed by atoms with Gasteiger partial charge in [-0.1, -0.05) is 73.1 Å². The SMILES string of the molecule is CCc1ccc(N(CCCC(=O)N(Cc2ccc(Cl)cc2)[C@H](Cc2ccccc2)C(=O)NC(C)(C)C)S(C)(=O)=O)cc1. The van der Waals surface area contributed by atoms with Crippen LogP contribution in [0.25, 0.3) is 0 Å². The molecule has 0 aliphatic carbocycles. The summed E-state index contributed by atoms with van der Waals surface area (Å²) in [5.74, 6) is -0.479. The number of hydrogen-bond acceptors (Lipinski definition) is 4. The van der Waals surface area contributed by atoms with E-state index in [1.165, 1.54) is 10.6 Å². The Hall–Kier alpha value is -3.36. The molecule has 0 aliphatic heterocycles. The monoisotopic (exact) mass is 611 g/mol. The zero-order valence-electron chi connectivity index (χ0n) is 25.1. The van der Waals surface area contributed by atoms with Crippen molar-refractivity contribution in [1.29, 1.82) is 0 Å². The molecule has 0 unspecified atom stereocenters. The van der Waals surface area contributed by atoms with Gasteiger partial charge in [0.05, 0.1) is 11.9 Å². The van der Waals surface area contributed by atoms with Crippen LogP contribution in [0, 0.1) is 0 Å². The Bertz CT molecular complexity index is 1420. The fourth-order valence-corrected chi connectivity index (χ4v) is 5.79. The summed E-state index contributed by atoms with van der Waals surface area (Å²) in [6, 6.07) is 23.4. The van der Waals surface area contributed by atoms with E-state index < -0.39 is 21.6 Å². The summed E-state index contributed by atoms with van der Waals surface area (Å²) >= 11 is 6.11. The molecule has 0 aromatic heterocycles. The highest BCUT2D eigenvalue weighted by atomic mass is 35.5. The van der Waals surface area contributed by atoms with Crippen LogP contribution in [0.1, 0.15) is 57.2 Å². The second kappa shape index (κ2) is 14.7. The summed E-state index contributed by atoms with van der Waals surface area (Å²) in [5.41, 5.74) is 2.94. The number of rotatable bonds is 13. The maximum atomic E-state index is 13.9. The average molecular weight is 612 g/mol. The number of anilines is 1. The second-order valence-electron chi connectivity index (χ2n) is 11.6. The number of aryl methyl sites for hydroxylation is 1. The number of nitrogens with one attached hydrogen (secondary N) is 1. The molecule has 0 radical (unpaired) electrons. The van der Waals surface area contributed by atoms with Crippen molar-refractivity contribution >= 4 is 39.1 Å². The topological polar surface area (TPSA) is 86.8 Å². The van der Waals surface area contributed by atoms with Crippen LogP contribution in [0.15, 0.2) is 78.9 Å². The van der Waals surface area contributed by atoms with Gasteiger partial charge in [0.2, 0.25) is 21.8 Å². The number of hydrogen-bond donors (Lipinski definition) is 1. The molecule has 1 atom stereocenters. The highest BCUT2D eigenvalue weighted by Crippen LogP contribution is 2.22. The molecule has 0 heterocycles. The Labute approximate surface area is 255 Å². The zero-order valence-corrected chi connectivity index (χ0v) is 26.7. The van der Waals surface area contributed by atoms with Gasteiger partial charge in [-0.15, -0.1) is 0 Å². The number of carbonyl (C=O) groups excluding carboxylic acids is 2. The summed E-state index contributed by atoms with van der Waals surface area (Å²) in [7, 11) is -3.57. The van der Waals surface area contributed by atoms with Gasteiger partial charge >= 0.3 is 0 Å². The summed E-state index contributed by atoms with van der Waals surface area (Å²) in [5, 5.41) is 3.63. The number of nitrogens with zero attached hydrogens (tertiary/aromatic N) is 2. The Morgan fingerprint density at radius 3 is 2.02 bits per heavy atom. The summed E-state index contributed by atoms with van der Waals surface area (Å²) in [6.07, 6.45) is 2.71. The molecule has 0 saturated heterocycles. The summed E-state index contributed by atoms with van der Waals surface area (Å²) < 4.78 is 26.7. The Morgan fingerprint density at radius 1 is 0.881 bits per heavy atom. The third kappa shape index (κ3) is 10.2. The third-order valence-corrected chi connectivity index (χ3v) is 8.27. The Kier molecular flexibility index (Phi) is 11.6. The van der Waals surface area contributed by atoms with Crippen LogP contribution in [0.5, 0.6) is 0 Å². The van der Waals surface area contributed by atoms with Gasteiger partial charge in [0.1, 0.15) is 6.04 Å². The van der Waals surface area contributed by atoms with E-state index in [0.29, 0.717) is 17.1 Å². The fourth-order valence-electron chi connectivity index (χ4n) is 4.70. The number of sulfonamides is 1. The van der Waals surface area contributed by atoms with E-state index in [1.807, 2.05) is 82.3 Å². The van der Waals surface area contributed by atoms with Crippen LogP contribution in [0.3, 0.4) is 0 Å². The molecule has 2 amide bonds. The molecule has 0 spiro atoms. The van der Waals surface area contributed by atoms with E-state index >= 15 is 0 Å². The van der Waals surface area contributed by atoms with Crippen LogP contribution in [-0.2, 0) is 39.0 Å². The van der Waals surface area contributed by atoms with E-state index in [9.17, 15) is 18.0 Å². The lowest BCUT2D eigenvalue weighted by Crippen LogP contribution is -2.54. The van der Waals surface area contributed by atoms with Crippen LogP contribution < -0.4 is 9.62 Å². The molecule has 9 heteroatoms. The maximum absolute atomic E-state index is 13.9. The van der Waals surface area contributed by atoms with Crippen LogP contribution in [-0.4, -0.2) is 49.5 Å². The van der Waals surface area contributed by atoms with Gasteiger partial charge in [0.15, 0.2) is 0 Å². The van der Waals surface area contributed by atoms with Gasteiger partial charge in [-0.3, -0.25) is 13.9 Å². The molecule has 226 valence electrons. The van der Waals surface area contributed by atoms with Crippen molar-refractivity contribution in [2.24, 2.45) is 0 Å². The van der Waals surface area contributed by atoms with Crippen LogP contribution >= 0.6 is 11.6 Å². The molecule has 0 saturated carbocycles. The lowest BCUT2D eigenvalue weighted by atomic mass is 10.00. The second-order valence-corrected chi connectivity index (χ2v) is 13.9. The van der Waals surface area contributed by atoms with Crippen molar-refractivity contribution in [2.75, 3.05) is 17.1 Å². The molecule has 3 rings (SSSR count). The first-order chi connectivity index (χ1) is 19.8. The van der Waals surface area contributed by atoms with Crippen LogP contribution in [0.2, 0.25) is 5.02 Å². The van der Waals surface area contributed by atoms with Crippen molar-refractivity contribution in [3.63, 3.8) is 0 Å². The molecule has 7 nitrogen and oxygen atoms in total. The van der Waals surface area contributed by atoms with Crippen molar-refractivity contribution < 1.29 is 18.0 Å². The van der Waals surface area contributed by atoms with Gasteiger partial charge in [-0.25, -0.2) is 8.42 Å². The number of carbonyl (C=O) groups is 2. The first kappa shape index (κ1) is 33.1. The molecule has 0 aliphatic rings. The highest BCUT2D eigenvalue weighted by molar-refractivity contribution is 7.92. The predicted molar refractivity (Wildman–Crippen MR) is 171 cm³/mol. The minimum Gasteiger partial charge on any atom is -0.350 e. The van der Waals surface area contributed by atoms with Crippen LogP contribution in [0.4, 0.5) is 5.69 Å². The molecule has 0 bridgehead atoms. The highest BCUT2D eigenvalue weighted by Gasteiger charge is 2.32. The van der Waals surface area contributed by atoms with E-state index in [2.05, 4.69) is 5.32 Å². The molecular weight excluding hydrogens is 570 g/mol. The number of halogens is 1. The largest absolute Gasteiger partial charge is 0.350 e. The van der Waals surface area contributed by atoms with Gasteiger partial charge in [0, 0.05) is 36.5 Å². The fraction of sp³-hybridized carbons (Fsp3) is 0.394. The minimum atomic E-state index is -3.57. The predicted octanol–water partition coefficient (Wildman–Crippen LogP) is 6.00. The third-order valence-electron chi connectivity index (χ3n) is 6.82. The number of amides is 2. The van der Waals surface area contributed by atoms with E-state index in [-0.39, 0.29) is 37.7 Å². The summed E-state index contributed by atoms with van der Waals surface area (Å²) in [4.78, 5) is 29.2. The zero-order chi connectivity index (χ0) is 30.9. The normalized spacial score (nSPS) is 12.4. The molecule has 0 fully saturated rings. The molecule has 1 N–H and O–H groups in total. The van der Waals surface area contributed by atoms with Gasteiger partial charge < -0.3 is 10.2 Å². The average Bonchev–Trinajstić information content (AvgIpc) is 2.93. The van der Waals surface area contributed by atoms with Crippen molar-refractivity contribution in [3.05, 3.63) is 101 Å². The van der Waals surface area contributed by atoms with Gasteiger partial charge in [0.25, 0.3) is 0 Å². The van der Waals surface area contributed by atoms with Crippen molar-refractivity contribution in [2.45, 2.75) is 71.5 Å². The van der Waals surface area contributed by atoms with Crippen molar-refractivity contribution in [3.8, 4) is 0 Å². The first-order valence-electron chi connectivity index (χ1n) is 14.2. The van der Waals surface area contributed by atoms with E-state index in [4.69, 9.17) is 11.6 Å². The minimum absolute atomic E-state index is 0.0702. The van der Waals surface area contributed by atoms with E-state index in [1.54, 1.807) is 29.2 Å². The van der Waals surface area contributed by atoms with E-state index in [0.717, 1.165) is 23.1 Å². The Balaban J connectivity index is 1.88. The van der Waals surface area contributed by atoms with Gasteiger partial charge in [-0.2, -0.15) is 0 Å². The molecule has 3 aromatic carbocycles. The molecular formula is C33H42ClN3O4S. The smallest absolute Gasteiger partial charge is 0.243 e. The molecule has 3 aromatic rings. The lowest BCUT2D eigenvalue weighted by Gasteiger charge is -2.34. The first-order valence-corrected chi connectivity index (χ1v) is 16.5. The Morgan fingerprint density at radius 2 is 1.48 bits per heavy atom. The van der Waals surface area contributed by atoms with Crippen molar-refractivity contribution in [1.82, 2.24) is 10.2 Å².